The molecule has 0 amide bonds. The van der Waals surface area contributed by atoms with Gasteiger partial charge in [0.25, 0.3) is 0 Å². The summed E-state index contributed by atoms with van der Waals surface area (Å²) in [5, 5.41) is 3.81. The lowest BCUT2D eigenvalue weighted by molar-refractivity contribution is 0.0435. The largest absolute Gasteiger partial charge is 0.493 e. The first-order chi connectivity index (χ1) is 10.1. The van der Waals surface area contributed by atoms with Crippen molar-refractivity contribution in [2.75, 3.05) is 19.5 Å². The third kappa shape index (κ3) is 2.29. The van der Waals surface area contributed by atoms with Crippen LogP contribution in [0.4, 0.5) is 5.13 Å². The molecule has 21 heavy (non-hydrogen) atoms. The maximum Gasteiger partial charge on any atom is 0.344 e. The fourth-order valence-electron chi connectivity index (χ4n) is 2.24. The van der Waals surface area contributed by atoms with Gasteiger partial charge in [0.1, 0.15) is 5.56 Å². The minimum Gasteiger partial charge on any atom is -0.493 e. The monoisotopic (exact) mass is 306 g/mol. The summed E-state index contributed by atoms with van der Waals surface area (Å²) >= 11 is 1.50. The number of cyclic esters (lactones) is 1. The van der Waals surface area contributed by atoms with E-state index in [0.717, 1.165) is 4.88 Å². The summed E-state index contributed by atoms with van der Waals surface area (Å²) in [6.07, 6.45) is 1.19. The van der Waals surface area contributed by atoms with Crippen molar-refractivity contribution >= 4 is 22.4 Å². The second-order valence-corrected chi connectivity index (χ2v) is 5.71. The number of hydrogen-bond donors (Lipinski definition) is 1. The third-order valence-electron chi connectivity index (χ3n) is 3.17. The van der Waals surface area contributed by atoms with Crippen LogP contribution in [0.1, 0.15) is 27.0 Å². The summed E-state index contributed by atoms with van der Waals surface area (Å²) in [5.74, 6) is 0.449. The first-order valence-electron chi connectivity index (χ1n) is 6.29. The second kappa shape index (κ2) is 5.25. The van der Waals surface area contributed by atoms with E-state index < -0.39 is 12.2 Å². The molecule has 6 nitrogen and oxygen atoms in total. The molecule has 1 aromatic heterocycles. The van der Waals surface area contributed by atoms with E-state index >= 15 is 0 Å². The van der Waals surface area contributed by atoms with E-state index in [4.69, 9.17) is 14.2 Å². The van der Waals surface area contributed by atoms with Crippen LogP contribution in [0.25, 0.3) is 0 Å². The van der Waals surface area contributed by atoms with E-state index in [1.807, 2.05) is 6.92 Å². The zero-order chi connectivity index (χ0) is 15.0. The molecule has 110 valence electrons. The van der Waals surface area contributed by atoms with Crippen LogP contribution in [0, 0.1) is 6.92 Å². The number of benzene rings is 1. The van der Waals surface area contributed by atoms with Crippen LogP contribution in [0.5, 0.6) is 11.5 Å². The number of hydrogen-bond acceptors (Lipinski definition) is 7. The topological polar surface area (TPSA) is 69.7 Å². The fourth-order valence-corrected chi connectivity index (χ4v) is 2.92. The van der Waals surface area contributed by atoms with Gasteiger partial charge in [0.05, 0.1) is 14.2 Å². The number of fused-ring (bicyclic) bond motifs is 1. The first kappa shape index (κ1) is 13.7. The summed E-state index contributed by atoms with van der Waals surface area (Å²) in [7, 11) is 3.02. The Morgan fingerprint density at radius 1 is 1.33 bits per heavy atom. The number of nitrogens with one attached hydrogen (secondary N) is 1. The molecular weight excluding hydrogens is 292 g/mol. The fraction of sp³-hybridized carbons (Fsp3) is 0.286. The van der Waals surface area contributed by atoms with Crippen LogP contribution in [-0.2, 0) is 4.74 Å². The molecule has 0 saturated heterocycles. The maximum absolute atomic E-state index is 12.1. The van der Waals surface area contributed by atoms with Crippen molar-refractivity contribution in [2.24, 2.45) is 0 Å². The van der Waals surface area contributed by atoms with Gasteiger partial charge in [0, 0.05) is 16.6 Å². The van der Waals surface area contributed by atoms with Crippen LogP contribution in [0.3, 0.4) is 0 Å². The Labute approximate surface area is 125 Å². The Hall–Kier alpha value is -2.28. The number of esters is 1. The lowest BCUT2D eigenvalue weighted by Crippen LogP contribution is -2.09. The van der Waals surface area contributed by atoms with Crippen molar-refractivity contribution in [3.63, 3.8) is 0 Å². The van der Waals surface area contributed by atoms with Crippen LogP contribution in [0.2, 0.25) is 0 Å². The molecule has 1 aromatic carbocycles. The van der Waals surface area contributed by atoms with Crippen molar-refractivity contribution in [3.8, 4) is 11.5 Å². The van der Waals surface area contributed by atoms with Gasteiger partial charge in [0.15, 0.2) is 16.6 Å². The maximum atomic E-state index is 12.1. The van der Waals surface area contributed by atoms with Gasteiger partial charge >= 0.3 is 5.97 Å². The normalized spacial score (nSPS) is 16.3. The highest BCUT2D eigenvalue weighted by molar-refractivity contribution is 7.15. The second-order valence-electron chi connectivity index (χ2n) is 4.47. The van der Waals surface area contributed by atoms with Gasteiger partial charge in [-0.1, -0.05) is 0 Å². The van der Waals surface area contributed by atoms with Crippen molar-refractivity contribution in [3.05, 3.63) is 34.3 Å². The molecule has 0 aliphatic carbocycles. The van der Waals surface area contributed by atoms with Crippen LogP contribution < -0.4 is 14.8 Å². The van der Waals surface area contributed by atoms with E-state index in [1.54, 1.807) is 18.3 Å². The van der Waals surface area contributed by atoms with Gasteiger partial charge in [-0.3, -0.25) is 0 Å². The van der Waals surface area contributed by atoms with Crippen molar-refractivity contribution < 1.29 is 19.0 Å². The number of thiazole rings is 1. The number of ether oxygens (including phenoxy) is 3. The van der Waals surface area contributed by atoms with Gasteiger partial charge < -0.3 is 19.5 Å². The molecular formula is C14H14N2O4S. The van der Waals surface area contributed by atoms with Crippen molar-refractivity contribution in [2.45, 2.75) is 13.2 Å². The van der Waals surface area contributed by atoms with Crippen molar-refractivity contribution in [1.29, 1.82) is 0 Å². The van der Waals surface area contributed by atoms with E-state index in [0.29, 0.717) is 27.8 Å². The quantitative estimate of drug-likeness (QED) is 0.876. The molecule has 1 N–H and O–H groups in total. The number of carbonyl (C=O) groups excluding carboxylic acids is 1. The molecule has 1 unspecified atom stereocenters. The number of nitrogens with zero attached hydrogens (tertiary/aromatic N) is 1. The summed E-state index contributed by atoms with van der Waals surface area (Å²) in [6.45, 7) is 1.96. The Bertz CT molecular complexity index is 698. The molecule has 2 aromatic rings. The summed E-state index contributed by atoms with van der Waals surface area (Å²) in [4.78, 5) is 17.4. The van der Waals surface area contributed by atoms with Crippen molar-refractivity contribution in [1.82, 2.24) is 4.98 Å². The third-order valence-corrected chi connectivity index (χ3v) is 4.01. The minimum atomic E-state index is -0.571. The molecule has 0 bridgehead atoms. The zero-order valence-electron chi connectivity index (χ0n) is 11.8. The first-order valence-corrected chi connectivity index (χ1v) is 7.10. The average molecular weight is 306 g/mol. The summed E-state index contributed by atoms with van der Waals surface area (Å²) < 4.78 is 15.9. The molecule has 1 aliphatic heterocycles. The highest BCUT2D eigenvalue weighted by Gasteiger charge is 2.36. The van der Waals surface area contributed by atoms with Gasteiger partial charge in [-0.2, -0.15) is 0 Å². The van der Waals surface area contributed by atoms with Crippen LogP contribution in [-0.4, -0.2) is 25.2 Å². The molecule has 0 spiro atoms. The number of anilines is 1. The molecule has 0 radical (unpaired) electrons. The number of aryl methyl sites for hydroxylation is 1. The lowest BCUT2D eigenvalue weighted by Gasteiger charge is -2.13. The predicted octanol–water partition coefficient (Wildman–Crippen LogP) is 2.75. The highest BCUT2D eigenvalue weighted by atomic mass is 32.1. The molecule has 7 heteroatoms. The molecule has 3 rings (SSSR count). The van der Waals surface area contributed by atoms with E-state index in [9.17, 15) is 4.79 Å². The SMILES string of the molecule is COc1ccc2c(c1OC)C(=O)OC2Nc1ncc(C)s1. The average Bonchev–Trinajstić information content (AvgIpc) is 3.02. The van der Waals surface area contributed by atoms with Crippen LogP contribution >= 0.6 is 11.3 Å². The zero-order valence-corrected chi connectivity index (χ0v) is 12.6. The number of methoxy groups -OCH3 is 2. The van der Waals surface area contributed by atoms with Gasteiger partial charge in [0.2, 0.25) is 6.23 Å². The Balaban J connectivity index is 1.98. The molecule has 0 fully saturated rings. The molecule has 0 saturated carbocycles. The minimum absolute atomic E-state index is 0.389. The van der Waals surface area contributed by atoms with Crippen LogP contribution in [0.15, 0.2) is 18.3 Å². The number of carbonyl (C=O) groups is 1. The predicted molar refractivity (Wildman–Crippen MR) is 78.2 cm³/mol. The Morgan fingerprint density at radius 3 is 2.76 bits per heavy atom. The van der Waals surface area contributed by atoms with E-state index in [-0.39, 0.29) is 0 Å². The van der Waals surface area contributed by atoms with Gasteiger partial charge in [-0.05, 0) is 19.1 Å². The summed E-state index contributed by atoms with van der Waals surface area (Å²) in [6, 6.07) is 3.54. The van der Waals surface area contributed by atoms with E-state index in [2.05, 4.69) is 10.3 Å². The standard InChI is InChI=1S/C14H14N2O4S/c1-7-6-15-14(21-7)16-12-8-4-5-9(18-2)11(19-3)10(8)13(17)20-12/h4-6,12H,1-3H3,(H,15,16). The molecule has 2 heterocycles. The molecule has 1 aliphatic rings. The Kier molecular flexibility index (Phi) is 3.42. The van der Waals surface area contributed by atoms with Gasteiger partial charge in [-0.25, -0.2) is 9.78 Å². The Morgan fingerprint density at radius 2 is 2.14 bits per heavy atom. The smallest absolute Gasteiger partial charge is 0.344 e. The van der Waals surface area contributed by atoms with E-state index in [1.165, 1.54) is 25.6 Å². The molecule has 1 atom stereocenters. The number of rotatable bonds is 4. The number of aromatic nitrogens is 1. The lowest BCUT2D eigenvalue weighted by atomic mass is 10.1. The summed E-state index contributed by atoms with van der Waals surface area (Å²) in [5.41, 5.74) is 1.10. The highest BCUT2D eigenvalue weighted by Crippen LogP contribution is 2.42. The van der Waals surface area contributed by atoms with Gasteiger partial charge in [-0.15, -0.1) is 11.3 Å².